The molecule has 1 aliphatic heterocycles. The molecule has 1 aliphatic rings. The van der Waals surface area contributed by atoms with E-state index in [1.165, 1.54) is 0 Å². The Labute approximate surface area is 127 Å². The van der Waals surface area contributed by atoms with Gasteiger partial charge in [-0.2, -0.15) is 0 Å². The molecular formula is C15H29N3O3. The van der Waals surface area contributed by atoms with Gasteiger partial charge in [-0.25, -0.2) is 4.79 Å². The SMILES string of the molecule is CC(CNC(=O)N1CCN(CCC(=O)O)CC1)C(C)(C)C. The summed E-state index contributed by atoms with van der Waals surface area (Å²) in [6.45, 7) is 12.7. The average Bonchev–Trinajstić information content (AvgIpc) is 2.41. The maximum Gasteiger partial charge on any atom is 0.317 e. The Morgan fingerprint density at radius 2 is 1.76 bits per heavy atom. The fourth-order valence-corrected chi connectivity index (χ4v) is 2.09. The van der Waals surface area contributed by atoms with Crippen LogP contribution in [0.1, 0.15) is 34.1 Å². The molecule has 0 aromatic heterocycles. The number of nitrogens with one attached hydrogen (secondary N) is 1. The molecule has 0 bridgehead atoms. The molecule has 1 unspecified atom stereocenters. The second-order valence-electron chi connectivity index (χ2n) is 6.93. The predicted molar refractivity (Wildman–Crippen MR) is 82.3 cm³/mol. The highest BCUT2D eigenvalue weighted by Crippen LogP contribution is 2.24. The summed E-state index contributed by atoms with van der Waals surface area (Å²) >= 11 is 0. The lowest BCUT2D eigenvalue weighted by atomic mass is 9.82. The predicted octanol–water partition coefficient (Wildman–Crippen LogP) is 1.47. The van der Waals surface area contributed by atoms with Crippen LogP contribution in [0.2, 0.25) is 0 Å². The van der Waals surface area contributed by atoms with E-state index in [2.05, 4.69) is 37.9 Å². The minimum absolute atomic E-state index is 0.0102. The van der Waals surface area contributed by atoms with E-state index in [-0.39, 0.29) is 17.9 Å². The van der Waals surface area contributed by atoms with Gasteiger partial charge in [0.2, 0.25) is 0 Å². The highest BCUT2D eigenvalue weighted by molar-refractivity contribution is 5.74. The number of hydrogen-bond acceptors (Lipinski definition) is 3. The zero-order valence-electron chi connectivity index (χ0n) is 13.7. The first-order chi connectivity index (χ1) is 9.70. The van der Waals surface area contributed by atoms with Gasteiger partial charge in [0, 0.05) is 39.3 Å². The number of aliphatic carboxylic acids is 1. The number of carbonyl (C=O) groups is 2. The topological polar surface area (TPSA) is 72.9 Å². The molecule has 0 aliphatic carbocycles. The van der Waals surface area contributed by atoms with Crippen LogP contribution in [0, 0.1) is 11.3 Å². The van der Waals surface area contributed by atoms with Crippen molar-refractivity contribution in [3.63, 3.8) is 0 Å². The van der Waals surface area contributed by atoms with Crippen molar-refractivity contribution in [1.82, 2.24) is 15.1 Å². The monoisotopic (exact) mass is 299 g/mol. The van der Waals surface area contributed by atoms with Gasteiger partial charge in [0.25, 0.3) is 0 Å². The van der Waals surface area contributed by atoms with Crippen molar-refractivity contribution in [2.75, 3.05) is 39.3 Å². The summed E-state index contributed by atoms with van der Waals surface area (Å²) in [5, 5.41) is 11.7. The van der Waals surface area contributed by atoms with Gasteiger partial charge < -0.3 is 15.3 Å². The molecule has 122 valence electrons. The number of urea groups is 1. The van der Waals surface area contributed by atoms with Gasteiger partial charge in [-0.05, 0) is 11.3 Å². The van der Waals surface area contributed by atoms with Gasteiger partial charge in [0.15, 0.2) is 0 Å². The largest absolute Gasteiger partial charge is 0.481 e. The number of nitrogens with zero attached hydrogens (tertiary/aromatic N) is 2. The maximum absolute atomic E-state index is 12.1. The minimum Gasteiger partial charge on any atom is -0.481 e. The number of rotatable bonds is 5. The first-order valence-corrected chi connectivity index (χ1v) is 7.67. The summed E-state index contributed by atoms with van der Waals surface area (Å²) in [7, 11) is 0. The van der Waals surface area contributed by atoms with Crippen LogP contribution in [-0.4, -0.2) is 66.2 Å². The highest BCUT2D eigenvalue weighted by atomic mass is 16.4. The van der Waals surface area contributed by atoms with Crippen molar-refractivity contribution >= 4 is 12.0 Å². The van der Waals surface area contributed by atoms with E-state index in [0.717, 1.165) is 13.1 Å². The van der Waals surface area contributed by atoms with E-state index in [0.29, 0.717) is 32.1 Å². The molecule has 6 heteroatoms. The van der Waals surface area contributed by atoms with Crippen LogP contribution in [0.5, 0.6) is 0 Å². The summed E-state index contributed by atoms with van der Waals surface area (Å²) in [6.07, 6.45) is 0.162. The van der Waals surface area contributed by atoms with E-state index in [1.54, 1.807) is 0 Å². The third kappa shape index (κ3) is 6.33. The number of piperazine rings is 1. The number of carboxylic acid groups (broad SMARTS) is 1. The van der Waals surface area contributed by atoms with E-state index in [1.807, 2.05) is 4.90 Å². The first kappa shape index (κ1) is 17.8. The molecular weight excluding hydrogens is 270 g/mol. The number of amides is 2. The molecule has 0 saturated carbocycles. The summed E-state index contributed by atoms with van der Waals surface area (Å²) in [6, 6.07) is -0.0102. The van der Waals surface area contributed by atoms with Gasteiger partial charge in [0.05, 0.1) is 6.42 Å². The molecule has 2 N–H and O–H groups in total. The van der Waals surface area contributed by atoms with Gasteiger partial charge in [0.1, 0.15) is 0 Å². The van der Waals surface area contributed by atoms with E-state index >= 15 is 0 Å². The molecule has 21 heavy (non-hydrogen) atoms. The maximum atomic E-state index is 12.1. The standard InChI is InChI=1S/C15H29N3O3/c1-12(15(2,3)4)11-16-14(21)18-9-7-17(8-10-18)6-5-13(19)20/h12H,5-11H2,1-4H3,(H,16,21)(H,19,20). The zero-order chi connectivity index (χ0) is 16.0. The lowest BCUT2D eigenvalue weighted by Gasteiger charge is -2.35. The molecule has 0 aromatic carbocycles. The molecule has 1 saturated heterocycles. The van der Waals surface area contributed by atoms with Gasteiger partial charge >= 0.3 is 12.0 Å². The average molecular weight is 299 g/mol. The van der Waals surface area contributed by atoms with E-state index in [9.17, 15) is 9.59 Å². The summed E-state index contributed by atoms with van der Waals surface area (Å²) in [5.41, 5.74) is 0.183. The van der Waals surface area contributed by atoms with Crippen molar-refractivity contribution in [2.24, 2.45) is 11.3 Å². The quantitative estimate of drug-likeness (QED) is 0.806. The molecule has 2 amide bonds. The first-order valence-electron chi connectivity index (χ1n) is 7.67. The molecule has 1 heterocycles. The Balaban J connectivity index is 2.27. The lowest BCUT2D eigenvalue weighted by molar-refractivity contribution is -0.137. The molecule has 6 nitrogen and oxygen atoms in total. The normalized spacial score (nSPS) is 18.4. The summed E-state index contributed by atoms with van der Waals surface area (Å²) in [4.78, 5) is 26.6. The number of carboxylic acids is 1. The second kappa shape index (κ2) is 7.64. The van der Waals surface area contributed by atoms with Crippen LogP contribution < -0.4 is 5.32 Å². The second-order valence-corrected chi connectivity index (χ2v) is 6.93. The molecule has 0 spiro atoms. The minimum atomic E-state index is -0.772. The van der Waals surface area contributed by atoms with Crippen molar-refractivity contribution in [1.29, 1.82) is 0 Å². The fraction of sp³-hybridized carbons (Fsp3) is 0.867. The van der Waals surface area contributed by atoms with Crippen molar-refractivity contribution in [3.05, 3.63) is 0 Å². The molecule has 1 fully saturated rings. The Morgan fingerprint density at radius 1 is 1.19 bits per heavy atom. The lowest BCUT2D eigenvalue weighted by Crippen LogP contribution is -2.52. The Kier molecular flexibility index (Phi) is 6.45. The van der Waals surface area contributed by atoms with E-state index < -0.39 is 5.97 Å². The van der Waals surface area contributed by atoms with Crippen LogP contribution in [0.25, 0.3) is 0 Å². The summed E-state index contributed by atoms with van der Waals surface area (Å²) in [5.74, 6) is -0.357. The molecule has 1 atom stereocenters. The molecule has 0 aromatic rings. The van der Waals surface area contributed by atoms with Gasteiger partial charge in [-0.1, -0.05) is 27.7 Å². The Bertz CT molecular complexity index is 358. The third-order valence-electron chi connectivity index (χ3n) is 4.34. The van der Waals surface area contributed by atoms with Crippen molar-refractivity contribution in [2.45, 2.75) is 34.1 Å². The van der Waals surface area contributed by atoms with Crippen LogP contribution in [-0.2, 0) is 4.79 Å². The summed E-state index contributed by atoms with van der Waals surface area (Å²) < 4.78 is 0. The Hall–Kier alpha value is -1.30. The van der Waals surface area contributed by atoms with Crippen LogP contribution in [0.15, 0.2) is 0 Å². The smallest absolute Gasteiger partial charge is 0.317 e. The van der Waals surface area contributed by atoms with Gasteiger partial charge in [-0.3, -0.25) is 9.69 Å². The van der Waals surface area contributed by atoms with E-state index in [4.69, 9.17) is 5.11 Å². The Morgan fingerprint density at radius 3 is 2.24 bits per heavy atom. The fourth-order valence-electron chi connectivity index (χ4n) is 2.09. The van der Waals surface area contributed by atoms with Gasteiger partial charge in [-0.15, -0.1) is 0 Å². The van der Waals surface area contributed by atoms with Crippen molar-refractivity contribution < 1.29 is 14.7 Å². The highest BCUT2D eigenvalue weighted by Gasteiger charge is 2.24. The zero-order valence-corrected chi connectivity index (χ0v) is 13.7. The molecule has 1 rings (SSSR count). The van der Waals surface area contributed by atoms with Crippen LogP contribution >= 0.6 is 0 Å². The van der Waals surface area contributed by atoms with Crippen LogP contribution in [0.4, 0.5) is 4.79 Å². The molecule has 0 radical (unpaired) electrons. The van der Waals surface area contributed by atoms with Crippen LogP contribution in [0.3, 0.4) is 0 Å². The van der Waals surface area contributed by atoms with Crippen molar-refractivity contribution in [3.8, 4) is 0 Å². The number of carbonyl (C=O) groups excluding carboxylic acids is 1. The third-order valence-corrected chi connectivity index (χ3v) is 4.34. The number of hydrogen-bond donors (Lipinski definition) is 2.